The van der Waals surface area contributed by atoms with Crippen LogP contribution < -0.4 is 4.74 Å². The second-order valence-electron chi connectivity index (χ2n) is 9.09. The number of nitrogens with zero attached hydrogens (tertiary/aromatic N) is 1. The van der Waals surface area contributed by atoms with E-state index in [2.05, 4.69) is 4.57 Å². The first kappa shape index (κ1) is 25.3. The van der Waals surface area contributed by atoms with E-state index in [9.17, 15) is 14.3 Å². The van der Waals surface area contributed by atoms with Crippen LogP contribution in [0.5, 0.6) is 5.75 Å². The lowest BCUT2D eigenvalue weighted by molar-refractivity contribution is 0.0522. The molecular formula is C29H27ClFNO5. The summed E-state index contributed by atoms with van der Waals surface area (Å²) in [5.74, 6) is -0.495. The van der Waals surface area contributed by atoms with Crippen LogP contribution >= 0.6 is 11.6 Å². The quantitative estimate of drug-likeness (QED) is 0.264. The van der Waals surface area contributed by atoms with Gasteiger partial charge in [0.05, 0.1) is 11.1 Å². The molecule has 37 heavy (non-hydrogen) atoms. The molecule has 192 valence electrons. The van der Waals surface area contributed by atoms with Crippen LogP contribution in [0.4, 0.5) is 4.39 Å². The van der Waals surface area contributed by atoms with E-state index >= 15 is 0 Å². The van der Waals surface area contributed by atoms with Crippen LogP contribution in [0.1, 0.15) is 45.9 Å². The minimum atomic E-state index is -0.966. The third kappa shape index (κ3) is 5.21. The highest BCUT2D eigenvalue weighted by Crippen LogP contribution is 2.44. The Balaban J connectivity index is 1.79. The molecule has 1 fully saturated rings. The Labute approximate surface area is 219 Å². The van der Waals surface area contributed by atoms with Crippen molar-refractivity contribution in [2.24, 2.45) is 0 Å². The van der Waals surface area contributed by atoms with Crippen molar-refractivity contribution < 1.29 is 28.5 Å². The van der Waals surface area contributed by atoms with E-state index in [-0.39, 0.29) is 24.1 Å². The highest BCUT2D eigenvalue weighted by Gasteiger charge is 2.29. The monoisotopic (exact) mass is 523 g/mol. The van der Waals surface area contributed by atoms with Crippen LogP contribution in [0.25, 0.3) is 16.6 Å². The average molecular weight is 524 g/mol. The normalized spacial score (nSPS) is 14.2. The molecule has 0 saturated carbocycles. The minimum absolute atomic E-state index is 0.0521. The molecule has 0 amide bonds. The summed E-state index contributed by atoms with van der Waals surface area (Å²) >= 11 is 6.57. The van der Waals surface area contributed by atoms with E-state index in [4.69, 9.17) is 25.8 Å². The smallest absolute Gasteiger partial charge is 0.335 e. The molecule has 0 radical (unpaired) electrons. The molecule has 8 heteroatoms. The summed E-state index contributed by atoms with van der Waals surface area (Å²) in [6, 6.07) is 17.0. The molecule has 0 unspecified atom stereocenters. The largest absolute Gasteiger partial charge is 0.478 e. The first-order chi connectivity index (χ1) is 18.0. The number of rotatable bonds is 8. The first-order valence-electron chi connectivity index (χ1n) is 12.1. The molecule has 0 aliphatic carbocycles. The number of fused-ring (bicyclic) bond motifs is 1. The van der Waals surface area contributed by atoms with Gasteiger partial charge >= 0.3 is 5.97 Å². The highest BCUT2D eigenvalue weighted by atomic mass is 35.5. The second kappa shape index (κ2) is 10.9. The van der Waals surface area contributed by atoms with E-state index in [0.29, 0.717) is 30.4 Å². The average Bonchev–Trinajstić information content (AvgIpc) is 3.22. The van der Waals surface area contributed by atoms with Gasteiger partial charge in [-0.25, -0.2) is 9.18 Å². The summed E-state index contributed by atoms with van der Waals surface area (Å²) in [5.41, 5.74) is 5.01. The van der Waals surface area contributed by atoms with E-state index in [0.717, 1.165) is 46.3 Å². The fraction of sp³-hybridized carbons (Fsp3) is 0.276. The fourth-order valence-electron chi connectivity index (χ4n) is 5.09. The number of benzene rings is 3. The van der Waals surface area contributed by atoms with Crippen molar-refractivity contribution in [2.45, 2.75) is 25.2 Å². The fourth-order valence-corrected chi connectivity index (χ4v) is 5.30. The Hall–Kier alpha value is -3.39. The van der Waals surface area contributed by atoms with Gasteiger partial charge in [0.25, 0.3) is 0 Å². The van der Waals surface area contributed by atoms with Crippen LogP contribution in [0.2, 0.25) is 5.02 Å². The van der Waals surface area contributed by atoms with Gasteiger partial charge in [-0.05, 0) is 78.9 Å². The van der Waals surface area contributed by atoms with Gasteiger partial charge in [0, 0.05) is 48.0 Å². The molecule has 5 rings (SSSR count). The highest BCUT2D eigenvalue weighted by molar-refractivity contribution is 6.31. The Bertz CT molecular complexity index is 1410. The molecular weight excluding hydrogens is 497 g/mol. The van der Waals surface area contributed by atoms with Crippen molar-refractivity contribution in [1.82, 2.24) is 4.57 Å². The van der Waals surface area contributed by atoms with Crippen LogP contribution in [0.15, 0.2) is 60.7 Å². The summed E-state index contributed by atoms with van der Waals surface area (Å²) in [6.45, 7) is 1.35. The van der Waals surface area contributed by atoms with Crippen molar-refractivity contribution in [3.8, 4) is 11.4 Å². The van der Waals surface area contributed by atoms with Gasteiger partial charge in [-0.1, -0.05) is 23.7 Å². The van der Waals surface area contributed by atoms with Crippen molar-refractivity contribution in [2.75, 3.05) is 27.1 Å². The Morgan fingerprint density at radius 2 is 1.81 bits per heavy atom. The standard InChI is InChI=1S/C29H27ClFNO5/c1-35-17-37-26-16-21(30)15-25-27(26)24(14-18-2-4-20(5-3-18)29(33)34)28(19-10-12-36-13-11-19)32(25)23-8-6-22(31)7-9-23/h2-9,15-16,19H,10-14,17H2,1H3,(H,33,34). The predicted molar refractivity (Wildman–Crippen MR) is 140 cm³/mol. The van der Waals surface area contributed by atoms with Gasteiger partial charge in [0.15, 0.2) is 6.79 Å². The van der Waals surface area contributed by atoms with Crippen molar-refractivity contribution in [1.29, 1.82) is 0 Å². The zero-order valence-corrected chi connectivity index (χ0v) is 21.1. The zero-order valence-electron chi connectivity index (χ0n) is 20.4. The first-order valence-corrected chi connectivity index (χ1v) is 12.5. The molecule has 0 atom stereocenters. The van der Waals surface area contributed by atoms with E-state index in [1.165, 1.54) is 12.1 Å². The number of ether oxygens (including phenoxy) is 3. The summed E-state index contributed by atoms with van der Waals surface area (Å²) in [5, 5.41) is 10.7. The van der Waals surface area contributed by atoms with Gasteiger partial charge < -0.3 is 23.9 Å². The molecule has 4 aromatic rings. The Morgan fingerprint density at radius 3 is 2.46 bits per heavy atom. The molecule has 1 aliphatic rings. The van der Waals surface area contributed by atoms with Gasteiger partial charge in [-0.2, -0.15) is 0 Å². The van der Waals surface area contributed by atoms with Gasteiger partial charge in [-0.15, -0.1) is 0 Å². The lowest BCUT2D eigenvalue weighted by Crippen LogP contribution is -2.18. The van der Waals surface area contributed by atoms with E-state index < -0.39 is 5.97 Å². The zero-order chi connectivity index (χ0) is 25.9. The maximum Gasteiger partial charge on any atom is 0.335 e. The topological polar surface area (TPSA) is 69.9 Å². The third-order valence-corrected chi connectivity index (χ3v) is 6.96. The molecule has 6 nitrogen and oxygen atoms in total. The summed E-state index contributed by atoms with van der Waals surface area (Å²) < 4.78 is 32.9. The molecule has 1 aromatic heterocycles. The number of carboxylic acid groups (broad SMARTS) is 1. The number of carbonyl (C=O) groups is 1. The van der Waals surface area contributed by atoms with Crippen LogP contribution in [0, 0.1) is 5.82 Å². The Morgan fingerprint density at radius 1 is 1.11 bits per heavy atom. The number of aromatic carboxylic acids is 1. The number of carboxylic acids is 1. The third-order valence-electron chi connectivity index (χ3n) is 6.75. The molecule has 2 heterocycles. The van der Waals surface area contributed by atoms with E-state index in [1.807, 2.05) is 18.2 Å². The number of halogens is 2. The summed E-state index contributed by atoms with van der Waals surface area (Å²) in [7, 11) is 1.56. The van der Waals surface area contributed by atoms with Crippen LogP contribution in [-0.2, 0) is 15.9 Å². The van der Waals surface area contributed by atoms with Gasteiger partial charge in [0.2, 0.25) is 0 Å². The van der Waals surface area contributed by atoms with Crippen molar-refractivity contribution in [3.05, 3.63) is 93.9 Å². The second-order valence-corrected chi connectivity index (χ2v) is 9.53. The Kier molecular flexibility index (Phi) is 7.46. The maximum absolute atomic E-state index is 13.9. The van der Waals surface area contributed by atoms with Gasteiger partial charge in [0.1, 0.15) is 11.6 Å². The molecule has 3 aromatic carbocycles. The lowest BCUT2D eigenvalue weighted by atomic mass is 9.90. The number of hydrogen-bond acceptors (Lipinski definition) is 4. The maximum atomic E-state index is 13.9. The molecule has 0 spiro atoms. The van der Waals surface area contributed by atoms with Crippen molar-refractivity contribution >= 4 is 28.5 Å². The van der Waals surface area contributed by atoms with E-state index in [1.54, 1.807) is 37.4 Å². The molecule has 1 saturated heterocycles. The predicted octanol–water partition coefficient (Wildman–Crippen LogP) is 6.59. The number of aromatic nitrogens is 1. The number of methoxy groups -OCH3 is 1. The van der Waals surface area contributed by atoms with Crippen molar-refractivity contribution in [3.63, 3.8) is 0 Å². The van der Waals surface area contributed by atoms with Crippen LogP contribution in [-0.4, -0.2) is 42.8 Å². The molecule has 1 aliphatic heterocycles. The SMILES string of the molecule is COCOc1cc(Cl)cc2c1c(Cc1ccc(C(=O)O)cc1)c(C1CCOCC1)n2-c1ccc(F)cc1. The summed E-state index contributed by atoms with van der Waals surface area (Å²) in [6.07, 6.45) is 2.22. The number of hydrogen-bond donors (Lipinski definition) is 1. The minimum Gasteiger partial charge on any atom is -0.478 e. The van der Waals surface area contributed by atoms with Gasteiger partial charge in [-0.3, -0.25) is 0 Å². The molecule has 0 bridgehead atoms. The summed E-state index contributed by atoms with van der Waals surface area (Å²) in [4.78, 5) is 11.4. The van der Waals surface area contributed by atoms with Crippen LogP contribution in [0.3, 0.4) is 0 Å². The lowest BCUT2D eigenvalue weighted by Gasteiger charge is -2.26. The molecule has 1 N–H and O–H groups in total.